The van der Waals surface area contributed by atoms with E-state index < -0.39 is 39.2 Å². The number of carbonyl (C=O) groups excluding carboxylic acids is 1. The lowest BCUT2D eigenvalue weighted by Crippen LogP contribution is -2.38. The molecule has 0 bridgehead atoms. The first-order valence-corrected chi connectivity index (χ1v) is 14.1. The van der Waals surface area contributed by atoms with Crippen molar-refractivity contribution >= 4 is 61.4 Å². The van der Waals surface area contributed by atoms with Crippen molar-refractivity contribution in [3.05, 3.63) is 58.6 Å². The van der Waals surface area contributed by atoms with Crippen LogP contribution >= 0.6 is 34.7 Å². The van der Waals surface area contributed by atoms with Gasteiger partial charge in [0.05, 0.1) is 21.2 Å². The molecule has 0 aliphatic carbocycles. The number of benzene rings is 2. The van der Waals surface area contributed by atoms with Crippen LogP contribution in [0.4, 0.5) is 24.0 Å². The highest BCUT2D eigenvalue weighted by atomic mass is 35.5. The summed E-state index contributed by atoms with van der Waals surface area (Å²) in [7, 11) is -4.42. The molecule has 0 atom stereocenters. The van der Waals surface area contributed by atoms with Crippen LogP contribution in [-0.4, -0.2) is 36.8 Å². The first kappa shape index (κ1) is 28.2. The standard InChI is InChI=1S/C22H22ClF3N4O3S3/c1-13(2)12-34-21-29-28-20(35-21)27-19(31)11-30(36(32,33)16-7-4-14(3)5-8-16)15-6-9-18(23)17(10-15)22(24,25)26/h4-10,13H,11-12H2,1-3H3,(H,27,28,31). The Kier molecular flexibility index (Phi) is 8.91. The van der Waals surface area contributed by atoms with E-state index in [1.807, 2.05) is 13.8 Å². The number of rotatable bonds is 9. The largest absolute Gasteiger partial charge is 0.417 e. The Morgan fingerprint density at radius 2 is 1.83 bits per heavy atom. The maximum atomic E-state index is 13.5. The number of hydrogen-bond donors (Lipinski definition) is 1. The Morgan fingerprint density at radius 3 is 2.44 bits per heavy atom. The highest BCUT2D eigenvalue weighted by Crippen LogP contribution is 2.38. The van der Waals surface area contributed by atoms with Gasteiger partial charge in [-0.15, -0.1) is 10.2 Å². The molecule has 0 aliphatic rings. The fourth-order valence-electron chi connectivity index (χ4n) is 2.88. The molecule has 0 fully saturated rings. The molecule has 0 aliphatic heterocycles. The van der Waals surface area contributed by atoms with Gasteiger partial charge in [0, 0.05) is 5.75 Å². The summed E-state index contributed by atoms with van der Waals surface area (Å²) in [6.45, 7) is 5.04. The van der Waals surface area contributed by atoms with Gasteiger partial charge in [-0.25, -0.2) is 8.42 Å². The molecule has 194 valence electrons. The van der Waals surface area contributed by atoms with Gasteiger partial charge >= 0.3 is 6.18 Å². The fraction of sp³-hybridized carbons (Fsp3) is 0.318. The summed E-state index contributed by atoms with van der Waals surface area (Å²) in [6.07, 6.45) is -4.83. The van der Waals surface area contributed by atoms with Crippen molar-refractivity contribution in [2.75, 3.05) is 21.9 Å². The van der Waals surface area contributed by atoms with E-state index in [0.29, 0.717) is 20.6 Å². The van der Waals surface area contributed by atoms with E-state index in [1.54, 1.807) is 19.1 Å². The van der Waals surface area contributed by atoms with Gasteiger partial charge in [0.15, 0.2) is 4.34 Å². The zero-order valence-corrected chi connectivity index (χ0v) is 22.5. The van der Waals surface area contributed by atoms with Gasteiger partial charge in [0.25, 0.3) is 10.0 Å². The van der Waals surface area contributed by atoms with Gasteiger partial charge in [-0.2, -0.15) is 13.2 Å². The molecule has 1 amide bonds. The van der Waals surface area contributed by atoms with Gasteiger partial charge in [0.2, 0.25) is 11.0 Å². The van der Waals surface area contributed by atoms with Crippen LogP contribution in [0.2, 0.25) is 5.02 Å². The first-order chi connectivity index (χ1) is 16.8. The molecule has 1 aromatic heterocycles. The zero-order valence-electron chi connectivity index (χ0n) is 19.3. The quantitative estimate of drug-likeness (QED) is 0.244. The highest BCUT2D eigenvalue weighted by molar-refractivity contribution is 8.01. The second-order valence-electron chi connectivity index (χ2n) is 8.11. The maximum Gasteiger partial charge on any atom is 0.417 e. The monoisotopic (exact) mass is 578 g/mol. The van der Waals surface area contributed by atoms with Crippen LogP contribution in [0.3, 0.4) is 0 Å². The van der Waals surface area contributed by atoms with Gasteiger partial charge < -0.3 is 0 Å². The minimum Gasteiger partial charge on any atom is -0.299 e. The maximum absolute atomic E-state index is 13.5. The topological polar surface area (TPSA) is 92.3 Å². The molecule has 7 nitrogen and oxygen atoms in total. The first-order valence-electron chi connectivity index (χ1n) is 10.5. The number of amides is 1. The lowest BCUT2D eigenvalue weighted by atomic mass is 10.2. The summed E-state index contributed by atoms with van der Waals surface area (Å²) >= 11 is 8.29. The van der Waals surface area contributed by atoms with Crippen molar-refractivity contribution in [3.8, 4) is 0 Å². The predicted molar refractivity (Wildman–Crippen MR) is 136 cm³/mol. The molecule has 1 heterocycles. The molecule has 0 spiro atoms. The number of hydrogen-bond acceptors (Lipinski definition) is 7. The smallest absolute Gasteiger partial charge is 0.299 e. The lowest BCUT2D eigenvalue weighted by Gasteiger charge is -2.25. The van der Waals surface area contributed by atoms with Crippen LogP contribution in [-0.2, 0) is 21.0 Å². The number of aryl methyl sites for hydroxylation is 1. The van der Waals surface area contributed by atoms with E-state index in [9.17, 15) is 26.4 Å². The van der Waals surface area contributed by atoms with Gasteiger partial charge in [-0.3, -0.25) is 14.4 Å². The fourth-order valence-corrected chi connectivity index (χ4v) is 6.27. The Bertz CT molecular complexity index is 1330. The minimum atomic E-state index is -4.83. The van der Waals surface area contributed by atoms with Crippen molar-refractivity contribution in [2.24, 2.45) is 5.92 Å². The van der Waals surface area contributed by atoms with Gasteiger partial charge in [0.1, 0.15) is 6.54 Å². The van der Waals surface area contributed by atoms with Crippen LogP contribution in [0.25, 0.3) is 0 Å². The van der Waals surface area contributed by atoms with E-state index in [2.05, 4.69) is 15.5 Å². The summed E-state index contributed by atoms with van der Waals surface area (Å²) in [6, 6.07) is 8.39. The summed E-state index contributed by atoms with van der Waals surface area (Å²) in [4.78, 5) is 12.6. The molecule has 0 radical (unpaired) electrons. The van der Waals surface area contributed by atoms with E-state index in [0.717, 1.165) is 34.8 Å². The summed E-state index contributed by atoms with van der Waals surface area (Å²) in [5, 5.41) is 9.89. The number of carbonyl (C=O) groups is 1. The molecule has 3 aromatic rings. The van der Waals surface area contributed by atoms with Gasteiger partial charge in [-0.05, 0) is 43.2 Å². The summed E-state index contributed by atoms with van der Waals surface area (Å²) < 4.78 is 68.5. The third-order valence-corrected chi connectivity index (χ3v) is 9.15. The van der Waals surface area contributed by atoms with Crippen molar-refractivity contribution in [2.45, 2.75) is 36.2 Å². The molecule has 14 heteroatoms. The highest BCUT2D eigenvalue weighted by Gasteiger charge is 2.35. The van der Waals surface area contributed by atoms with Crippen LogP contribution < -0.4 is 9.62 Å². The molecule has 3 rings (SSSR count). The van der Waals surface area contributed by atoms with Crippen molar-refractivity contribution < 1.29 is 26.4 Å². The average molecular weight is 579 g/mol. The second-order valence-corrected chi connectivity index (χ2v) is 12.6. The second kappa shape index (κ2) is 11.4. The Labute approximate surface area is 220 Å². The third-order valence-electron chi connectivity index (χ3n) is 4.63. The van der Waals surface area contributed by atoms with E-state index >= 15 is 0 Å². The number of aromatic nitrogens is 2. The van der Waals surface area contributed by atoms with E-state index in [1.165, 1.54) is 23.9 Å². The average Bonchev–Trinajstić information content (AvgIpc) is 3.23. The molecular weight excluding hydrogens is 557 g/mol. The number of halogens is 4. The van der Waals surface area contributed by atoms with Crippen LogP contribution in [0.15, 0.2) is 51.7 Å². The molecule has 0 saturated heterocycles. The Hall–Kier alpha value is -2.35. The molecular formula is C22H22ClF3N4O3S3. The Balaban J connectivity index is 1.94. The van der Waals surface area contributed by atoms with Gasteiger partial charge in [-0.1, -0.05) is 66.2 Å². The number of nitrogens with zero attached hydrogens (tertiary/aromatic N) is 3. The predicted octanol–water partition coefficient (Wildman–Crippen LogP) is 6.10. The number of anilines is 2. The van der Waals surface area contributed by atoms with Crippen LogP contribution in [0.1, 0.15) is 25.0 Å². The molecule has 0 saturated carbocycles. The van der Waals surface area contributed by atoms with E-state index in [-0.39, 0.29) is 15.7 Å². The summed E-state index contributed by atoms with van der Waals surface area (Å²) in [5.74, 6) is 0.410. The lowest BCUT2D eigenvalue weighted by molar-refractivity contribution is -0.137. The van der Waals surface area contributed by atoms with Crippen molar-refractivity contribution in [1.29, 1.82) is 0 Å². The Morgan fingerprint density at radius 1 is 1.17 bits per heavy atom. The number of sulfonamides is 1. The van der Waals surface area contributed by atoms with Crippen LogP contribution in [0.5, 0.6) is 0 Å². The third kappa shape index (κ3) is 7.11. The van der Waals surface area contributed by atoms with Crippen molar-refractivity contribution in [1.82, 2.24) is 10.2 Å². The van der Waals surface area contributed by atoms with E-state index in [4.69, 9.17) is 11.6 Å². The summed E-state index contributed by atoms with van der Waals surface area (Å²) in [5.41, 5.74) is -0.804. The number of thioether (sulfide) groups is 1. The minimum absolute atomic E-state index is 0.144. The number of nitrogens with one attached hydrogen (secondary N) is 1. The van der Waals surface area contributed by atoms with Crippen LogP contribution in [0, 0.1) is 12.8 Å². The number of alkyl halides is 3. The molecule has 36 heavy (non-hydrogen) atoms. The normalized spacial score (nSPS) is 12.1. The SMILES string of the molecule is Cc1ccc(S(=O)(=O)N(CC(=O)Nc2nnc(SCC(C)C)s2)c2ccc(Cl)c(C(F)(F)F)c2)cc1. The zero-order chi connectivity index (χ0) is 26.7. The molecule has 0 unspecified atom stereocenters. The molecule has 2 aromatic carbocycles. The molecule has 1 N–H and O–H groups in total. The van der Waals surface area contributed by atoms with Crippen molar-refractivity contribution in [3.63, 3.8) is 0 Å².